The average Bonchev–Trinajstić information content (AvgIpc) is 2.73. The van der Waals surface area contributed by atoms with Gasteiger partial charge in [0.15, 0.2) is 0 Å². The smallest absolute Gasteiger partial charge is 0.408 e. The predicted molar refractivity (Wildman–Crippen MR) is 94.5 cm³/mol. The van der Waals surface area contributed by atoms with Crippen LogP contribution in [0.4, 0.5) is 10.5 Å². The van der Waals surface area contributed by atoms with Gasteiger partial charge in [-0.25, -0.2) is 4.79 Å². The molecule has 118 valence electrons. The highest BCUT2D eigenvalue weighted by Gasteiger charge is 2.22. The maximum Gasteiger partial charge on any atom is 0.408 e. The van der Waals surface area contributed by atoms with Crippen LogP contribution in [0.25, 0.3) is 0 Å². The highest BCUT2D eigenvalue weighted by atomic mass is 32.1. The third-order valence-corrected chi connectivity index (χ3v) is 4.19. The molecule has 0 saturated carbocycles. The third-order valence-electron chi connectivity index (χ3n) is 3.80. The van der Waals surface area contributed by atoms with Gasteiger partial charge in [-0.15, -0.1) is 0 Å². The Hall–Kier alpha value is -2.40. The molecule has 5 heteroatoms. The van der Waals surface area contributed by atoms with Gasteiger partial charge in [0.05, 0.1) is 6.04 Å². The Morgan fingerprint density at radius 2 is 1.91 bits per heavy atom. The number of benzene rings is 2. The molecule has 1 heterocycles. The first kappa shape index (κ1) is 15.5. The van der Waals surface area contributed by atoms with E-state index in [-0.39, 0.29) is 12.6 Å². The standard InChI is InChI=1S/C18H18N2O2S/c21-18(22-12-13-6-2-1-3-7-13)20-16-11-10-14-8-4-5-9-15(14)19-17(16)23/h1-9,16H,10-12H2,(H,19,23)(H,20,21). The molecule has 1 aliphatic rings. The summed E-state index contributed by atoms with van der Waals surface area (Å²) in [5, 5.41) is 6.06. The summed E-state index contributed by atoms with van der Waals surface area (Å²) in [6, 6.07) is 17.4. The predicted octanol–water partition coefficient (Wildman–Crippen LogP) is 3.67. The van der Waals surface area contributed by atoms with E-state index in [0.717, 1.165) is 24.1 Å². The number of thiocarbonyl (C=S) groups is 1. The first-order valence-corrected chi connectivity index (χ1v) is 7.99. The minimum Gasteiger partial charge on any atom is -0.445 e. The van der Waals surface area contributed by atoms with Crippen molar-refractivity contribution in [3.8, 4) is 0 Å². The van der Waals surface area contributed by atoms with Crippen LogP contribution in [-0.4, -0.2) is 17.1 Å². The molecule has 0 saturated heterocycles. The second-order valence-electron chi connectivity index (χ2n) is 5.44. The van der Waals surface area contributed by atoms with E-state index in [1.807, 2.05) is 48.5 Å². The lowest BCUT2D eigenvalue weighted by atomic mass is 10.1. The molecular weight excluding hydrogens is 308 g/mol. The van der Waals surface area contributed by atoms with Gasteiger partial charge in [-0.2, -0.15) is 0 Å². The highest BCUT2D eigenvalue weighted by Crippen LogP contribution is 2.22. The van der Waals surface area contributed by atoms with Gasteiger partial charge in [0.25, 0.3) is 0 Å². The zero-order chi connectivity index (χ0) is 16.1. The average molecular weight is 326 g/mol. The molecule has 2 aromatic rings. The van der Waals surface area contributed by atoms with Crippen molar-refractivity contribution in [1.82, 2.24) is 5.32 Å². The Labute approximate surface area is 140 Å². The molecule has 1 atom stereocenters. The number of amides is 1. The van der Waals surface area contributed by atoms with Crippen molar-refractivity contribution in [2.45, 2.75) is 25.5 Å². The second-order valence-corrected chi connectivity index (χ2v) is 5.88. The SMILES string of the molecule is O=C(NC1CCc2ccccc2NC1=S)OCc1ccccc1. The molecular formula is C18H18N2O2S. The molecule has 23 heavy (non-hydrogen) atoms. The van der Waals surface area contributed by atoms with E-state index in [2.05, 4.69) is 16.7 Å². The van der Waals surface area contributed by atoms with Crippen LogP contribution in [-0.2, 0) is 17.8 Å². The lowest BCUT2D eigenvalue weighted by Gasteiger charge is -2.17. The zero-order valence-electron chi connectivity index (χ0n) is 12.6. The van der Waals surface area contributed by atoms with Crippen molar-refractivity contribution in [2.75, 3.05) is 5.32 Å². The summed E-state index contributed by atoms with van der Waals surface area (Å²) in [4.78, 5) is 12.6. The first-order valence-electron chi connectivity index (χ1n) is 7.58. The molecule has 0 radical (unpaired) electrons. The molecule has 0 bridgehead atoms. The van der Waals surface area contributed by atoms with Gasteiger partial charge in [-0.05, 0) is 30.0 Å². The van der Waals surface area contributed by atoms with E-state index in [1.54, 1.807) is 0 Å². The quantitative estimate of drug-likeness (QED) is 0.845. The van der Waals surface area contributed by atoms with Crippen molar-refractivity contribution in [2.24, 2.45) is 0 Å². The van der Waals surface area contributed by atoms with E-state index in [1.165, 1.54) is 5.56 Å². The Kier molecular flexibility index (Phi) is 4.88. The number of fused-ring (bicyclic) bond motifs is 1. The Balaban J connectivity index is 1.56. The van der Waals surface area contributed by atoms with E-state index in [9.17, 15) is 4.79 Å². The maximum atomic E-state index is 12.0. The van der Waals surface area contributed by atoms with E-state index in [0.29, 0.717) is 4.99 Å². The van der Waals surface area contributed by atoms with Crippen molar-refractivity contribution in [3.63, 3.8) is 0 Å². The normalized spacial score (nSPS) is 16.7. The van der Waals surface area contributed by atoms with Crippen LogP contribution in [0.2, 0.25) is 0 Å². The van der Waals surface area contributed by atoms with Crippen LogP contribution in [0.1, 0.15) is 17.5 Å². The largest absolute Gasteiger partial charge is 0.445 e. The zero-order valence-corrected chi connectivity index (χ0v) is 13.4. The number of rotatable bonds is 3. The minimum absolute atomic E-state index is 0.222. The fourth-order valence-electron chi connectivity index (χ4n) is 2.56. The summed E-state index contributed by atoms with van der Waals surface area (Å²) >= 11 is 5.40. The number of hydrogen-bond donors (Lipinski definition) is 2. The number of carbonyl (C=O) groups is 1. The third kappa shape index (κ3) is 4.07. The molecule has 4 nitrogen and oxygen atoms in total. The summed E-state index contributed by atoms with van der Waals surface area (Å²) in [5.41, 5.74) is 3.17. The molecule has 0 spiro atoms. The number of nitrogens with one attached hydrogen (secondary N) is 2. The summed E-state index contributed by atoms with van der Waals surface area (Å²) in [7, 11) is 0. The van der Waals surface area contributed by atoms with Crippen molar-refractivity contribution >= 4 is 29.0 Å². The van der Waals surface area contributed by atoms with Gasteiger partial charge in [0.2, 0.25) is 0 Å². The molecule has 3 rings (SSSR count). The number of hydrogen-bond acceptors (Lipinski definition) is 3. The Morgan fingerprint density at radius 3 is 2.74 bits per heavy atom. The molecule has 2 N–H and O–H groups in total. The molecule has 0 aliphatic carbocycles. The number of anilines is 1. The fraction of sp³-hybridized carbons (Fsp3) is 0.222. The maximum absolute atomic E-state index is 12.0. The van der Waals surface area contributed by atoms with Crippen LogP contribution < -0.4 is 10.6 Å². The van der Waals surface area contributed by atoms with Gasteiger partial charge in [-0.3, -0.25) is 0 Å². The van der Waals surface area contributed by atoms with Gasteiger partial charge < -0.3 is 15.4 Å². The van der Waals surface area contributed by atoms with E-state index >= 15 is 0 Å². The molecule has 0 aromatic heterocycles. The summed E-state index contributed by atoms with van der Waals surface area (Å²) in [6.07, 6.45) is 1.16. The first-order chi connectivity index (χ1) is 11.2. The van der Waals surface area contributed by atoms with Crippen LogP contribution in [0.15, 0.2) is 54.6 Å². The lowest BCUT2D eigenvalue weighted by Crippen LogP contribution is -2.42. The van der Waals surface area contributed by atoms with Gasteiger partial charge >= 0.3 is 6.09 Å². The number of alkyl carbamates (subject to hydrolysis) is 1. The number of para-hydroxylation sites is 1. The van der Waals surface area contributed by atoms with E-state index in [4.69, 9.17) is 17.0 Å². The summed E-state index contributed by atoms with van der Waals surface area (Å²) < 4.78 is 5.26. The monoisotopic (exact) mass is 326 g/mol. The molecule has 0 fully saturated rings. The molecule has 1 aliphatic heterocycles. The van der Waals surface area contributed by atoms with Crippen LogP contribution in [0, 0.1) is 0 Å². The van der Waals surface area contributed by atoms with Crippen molar-refractivity contribution in [1.29, 1.82) is 0 Å². The summed E-state index contributed by atoms with van der Waals surface area (Å²) in [6.45, 7) is 0.250. The number of carbonyl (C=O) groups excluding carboxylic acids is 1. The Morgan fingerprint density at radius 1 is 1.17 bits per heavy atom. The van der Waals surface area contributed by atoms with Crippen LogP contribution >= 0.6 is 12.2 Å². The summed E-state index contributed by atoms with van der Waals surface area (Å²) in [5.74, 6) is 0. The van der Waals surface area contributed by atoms with Crippen LogP contribution in [0.3, 0.4) is 0 Å². The van der Waals surface area contributed by atoms with Crippen molar-refractivity contribution in [3.05, 3.63) is 65.7 Å². The molecule has 1 amide bonds. The van der Waals surface area contributed by atoms with Crippen molar-refractivity contribution < 1.29 is 9.53 Å². The van der Waals surface area contributed by atoms with Gasteiger partial charge in [0.1, 0.15) is 11.6 Å². The van der Waals surface area contributed by atoms with Gasteiger partial charge in [0, 0.05) is 5.69 Å². The Bertz CT molecular complexity index is 703. The topological polar surface area (TPSA) is 50.4 Å². The minimum atomic E-state index is -0.450. The number of ether oxygens (including phenoxy) is 1. The van der Waals surface area contributed by atoms with Crippen LogP contribution in [0.5, 0.6) is 0 Å². The number of aryl methyl sites for hydroxylation is 1. The van der Waals surface area contributed by atoms with E-state index < -0.39 is 6.09 Å². The fourth-order valence-corrected chi connectivity index (χ4v) is 2.84. The highest BCUT2D eigenvalue weighted by molar-refractivity contribution is 7.80. The molecule has 2 aromatic carbocycles. The van der Waals surface area contributed by atoms with Gasteiger partial charge in [-0.1, -0.05) is 60.7 Å². The molecule has 1 unspecified atom stereocenters. The lowest BCUT2D eigenvalue weighted by molar-refractivity contribution is 0.138. The second kappa shape index (κ2) is 7.24.